The molecule has 0 radical (unpaired) electrons. The van der Waals surface area contributed by atoms with Gasteiger partial charge >= 0.3 is 23.8 Å². The van der Waals surface area contributed by atoms with E-state index >= 15 is 0 Å². The highest BCUT2D eigenvalue weighted by molar-refractivity contribution is 7.68. The van der Waals surface area contributed by atoms with E-state index in [0.29, 0.717) is 5.52 Å². The number of nitrogens with two attached hydrogens (primary N) is 1. The summed E-state index contributed by atoms with van der Waals surface area (Å²) in [6.45, 7) is -1.01. The number of aliphatic hydroxyl groups excluding tert-OH is 2. The molecule has 9 N–H and O–H groups in total. The van der Waals surface area contributed by atoms with Crippen LogP contribution in [0.25, 0.3) is 5.52 Å². The SMILES string of the molecule is Nc1ncnn2c([C@@H]3O[C@](CCl)(CO[P+](O)(O)OP(=O)(O)OP(=O)(O)O)[C@@H](O)[C@H]3O)ccc12. The number of hydrogen-bond acceptors (Lipinski definition) is 13. The first kappa shape index (κ1) is 26.8. The summed E-state index contributed by atoms with van der Waals surface area (Å²) < 4.78 is 41.2. The van der Waals surface area contributed by atoms with Crippen LogP contribution in [0, 0.1) is 0 Å². The number of hydrogen-bond donors (Lipinski definition) is 8. The molecule has 3 heterocycles. The van der Waals surface area contributed by atoms with Gasteiger partial charge < -0.3 is 30.5 Å². The number of aliphatic hydroxyl groups is 2. The van der Waals surface area contributed by atoms with Crippen LogP contribution in [0.4, 0.5) is 5.82 Å². The van der Waals surface area contributed by atoms with Crippen molar-refractivity contribution in [1.82, 2.24) is 14.6 Å². The summed E-state index contributed by atoms with van der Waals surface area (Å²) in [4.78, 5) is 49.8. The molecule has 0 aliphatic carbocycles. The standard InChI is InChI=1S/C12H18ClN4O13P3/c13-3-12(4-27-32(23,24)30-33(25,26)29-31(20,21)22)10(19)8(18)9(28-12)6-1-2-7-11(14)15-5-16-17(6)7/h1-2,5,8-10,18-19,23-24H,3-4H2,(H4-,14,15,16,20,21,22,25,26)/p+1/t8-,9-,10-,12+/m0/s1. The van der Waals surface area contributed by atoms with Gasteiger partial charge in [0.1, 0.15) is 42.4 Å². The second kappa shape index (κ2) is 9.32. The largest absolute Gasteiger partial charge is 0.580 e. The lowest BCUT2D eigenvalue weighted by atomic mass is 9.96. The van der Waals surface area contributed by atoms with Crippen molar-refractivity contribution >= 4 is 46.8 Å². The van der Waals surface area contributed by atoms with Crippen LogP contribution in [0.1, 0.15) is 11.8 Å². The lowest BCUT2D eigenvalue weighted by Gasteiger charge is -2.28. The van der Waals surface area contributed by atoms with E-state index in [1.807, 2.05) is 0 Å². The predicted molar refractivity (Wildman–Crippen MR) is 108 cm³/mol. The minimum absolute atomic E-state index is 0.120. The van der Waals surface area contributed by atoms with E-state index in [1.165, 1.54) is 16.6 Å². The number of rotatable bonds is 9. The highest BCUT2D eigenvalue weighted by Gasteiger charge is 2.59. The number of halogens is 1. The molecular formula is C12H19ClN4O13P3+. The summed E-state index contributed by atoms with van der Waals surface area (Å²) in [6.07, 6.45) is -3.54. The molecule has 2 aromatic heterocycles. The van der Waals surface area contributed by atoms with Crippen LogP contribution in [-0.4, -0.2) is 79.6 Å². The molecule has 33 heavy (non-hydrogen) atoms. The summed E-state index contributed by atoms with van der Waals surface area (Å²) in [7, 11) is -16.5. The molecule has 2 aromatic rings. The highest BCUT2D eigenvalue weighted by atomic mass is 35.5. The third kappa shape index (κ3) is 5.87. The lowest BCUT2D eigenvalue weighted by Crippen LogP contribution is -2.48. The number of nitrogen functional groups attached to an aromatic ring is 1. The number of anilines is 1. The van der Waals surface area contributed by atoms with Crippen LogP contribution >= 0.6 is 35.4 Å². The minimum Gasteiger partial charge on any atom is -0.387 e. The average molecular weight is 556 g/mol. The zero-order valence-corrected chi connectivity index (χ0v) is 19.5. The van der Waals surface area contributed by atoms with Crippen molar-refractivity contribution in [2.45, 2.75) is 23.9 Å². The Labute approximate surface area is 189 Å². The van der Waals surface area contributed by atoms with Gasteiger partial charge in [-0.3, -0.25) is 4.89 Å². The second-order valence-electron chi connectivity index (χ2n) is 6.76. The summed E-state index contributed by atoms with van der Waals surface area (Å²) in [6, 6.07) is 3.00. The Hall–Kier alpha value is -0.840. The highest BCUT2D eigenvalue weighted by Crippen LogP contribution is 2.70. The lowest BCUT2D eigenvalue weighted by molar-refractivity contribution is -0.0979. The van der Waals surface area contributed by atoms with E-state index in [9.17, 15) is 34.0 Å². The molecule has 0 aromatic carbocycles. The third-order valence-corrected chi connectivity index (χ3v) is 8.73. The van der Waals surface area contributed by atoms with Gasteiger partial charge in [-0.1, -0.05) is 0 Å². The minimum atomic E-state index is -5.69. The van der Waals surface area contributed by atoms with Crippen molar-refractivity contribution in [3.8, 4) is 0 Å². The smallest absolute Gasteiger partial charge is 0.387 e. The maximum Gasteiger partial charge on any atom is 0.580 e. The maximum absolute atomic E-state index is 11.5. The van der Waals surface area contributed by atoms with Crippen molar-refractivity contribution in [2.24, 2.45) is 0 Å². The number of fused-ring (bicyclic) bond motifs is 1. The van der Waals surface area contributed by atoms with Crippen molar-refractivity contribution in [3.05, 3.63) is 24.2 Å². The molecule has 1 unspecified atom stereocenters. The number of alkyl halides is 1. The van der Waals surface area contributed by atoms with Gasteiger partial charge in [0.15, 0.2) is 5.82 Å². The predicted octanol–water partition coefficient (Wildman–Crippen LogP) is -1.01. The van der Waals surface area contributed by atoms with Gasteiger partial charge in [-0.05, 0) is 16.4 Å². The first-order valence-corrected chi connectivity index (χ1v) is 13.7. The zero-order valence-electron chi connectivity index (χ0n) is 16.1. The van der Waals surface area contributed by atoms with E-state index in [4.69, 9.17) is 31.9 Å². The van der Waals surface area contributed by atoms with E-state index in [1.54, 1.807) is 0 Å². The summed E-state index contributed by atoms with van der Waals surface area (Å²) in [5, 5.41) is 25.1. The molecule has 1 aliphatic heterocycles. The Morgan fingerprint density at radius 1 is 1.27 bits per heavy atom. The molecule has 1 aliphatic rings. The first-order chi connectivity index (χ1) is 15.1. The van der Waals surface area contributed by atoms with Crippen LogP contribution in [0.5, 0.6) is 0 Å². The first-order valence-electron chi connectivity index (χ1n) is 8.58. The van der Waals surface area contributed by atoms with Gasteiger partial charge in [-0.15, -0.1) is 16.1 Å². The maximum atomic E-state index is 11.5. The normalized spacial score (nSPS) is 28.3. The molecule has 0 bridgehead atoms. The molecule has 186 valence electrons. The van der Waals surface area contributed by atoms with Crippen LogP contribution in [-0.2, 0) is 27.0 Å². The molecule has 17 nitrogen and oxygen atoms in total. The van der Waals surface area contributed by atoms with Gasteiger partial charge in [-0.2, -0.15) is 19.2 Å². The van der Waals surface area contributed by atoms with Gasteiger partial charge in [-0.25, -0.2) is 18.6 Å². The number of nitrogens with zero attached hydrogens (tertiary/aromatic N) is 3. The molecule has 0 saturated carbocycles. The van der Waals surface area contributed by atoms with E-state index in [2.05, 4.69) is 23.2 Å². The Balaban J connectivity index is 1.79. The molecule has 5 atom stereocenters. The average Bonchev–Trinajstić information content (AvgIpc) is 3.19. The molecule has 3 rings (SSSR count). The molecule has 1 saturated heterocycles. The Morgan fingerprint density at radius 3 is 2.55 bits per heavy atom. The molecule has 0 spiro atoms. The van der Waals surface area contributed by atoms with Crippen LogP contribution < -0.4 is 5.73 Å². The van der Waals surface area contributed by atoms with Gasteiger partial charge in [0, 0.05) is 0 Å². The summed E-state index contributed by atoms with van der Waals surface area (Å²) >= 11 is 5.89. The van der Waals surface area contributed by atoms with Crippen LogP contribution in [0.3, 0.4) is 0 Å². The van der Waals surface area contributed by atoms with Crippen molar-refractivity contribution in [3.63, 3.8) is 0 Å². The molecule has 21 heteroatoms. The van der Waals surface area contributed by atoms with Crippen LogP contribution in [0.2, 0.25) is 0 Å². The second-order valence-corrected chi connectivity index (χ2v) is 11.5. The van der Waals surface area contributed by atoms with Gasteiger partial charge in [0.2, 0.25) is 0 Å². The van der Waals surface area contributed by atoms with E-state index in [0.717, 1.165) is 6.33 Å². The number of ether oxygens (including phenoxy) is 1. The quantitative estimate of drug-likeness (QED) is 0.136. The number of phosphoric acid groups is 2. The van der Waals surface area contributed by atoms with Crippen molar-refractivity contribution in [2.75, 3.05) is 18.2 Å². The fraction of sp³-hybridized carbons (Fsp3) is 0.500. The van der Waals surface area contributed by atoms with Gasteiger partial charge in [0.05, 0.1) is 11.6 Å². The van der Waals surface area contributed by atoms with Crippen molar-refractivity contribution < 1.29 is 61.7 Å². The Bertz CT molecular complexity index is 1110. The van der Waals surface area contributed by atoms with E-state index in [-0.39, 0.29) is 11.5 Å². The topological polar surface area (TPSA) is 269 Å². The molecule has 0 amide bonds. The fourth-order valence-corrected chi connectivity index (χ4v) is 6.47. The third-order valence-electron chi connectivity index (χ3n) is 4.46. The molecular weight excluding hydrogens is 537 g/mol. The van der Waals surface area contributed by atoms with E-state index < -0.39 is 60.2 Å². The Kier molecular flexibility index (Phi) is 7.55. The van der Waals surface area contributed by atoms with Gasteiger partial charge in [0.25, 0.3) is 0 Å². The molecule has 1 fully saturated rings. The number of aromatic nitrogens is 3. The summed E-state index contributed by atoms with van der Waals surface area (Å²) in [5.41, 5.74) is 4.34. The summed E-state index contributed by atoms with van der Waals surface area (Å²) in [5.74, 6) is -0.466. The van der Waals surface area contributed by atoms with Crippen LogP contribution in [0.15, 0.2) is 18.5 Å². The monoisotopic (exact) mass is 555 g/mol. The van der Waals surface area contributed by atoms with Crippen molar-refractivity contribution in [1.29, 1.82) is 0 Å². The Morgan fingerprint density at radius 2 is 1.94 bits per heavy atom. The fourth-order valence-electron chi connectivity index (χ4n) is 3.06. The zero-order chi connectivity index (χ0) is 24.8.